The molecule has 0 unspecified atom stereocenters. The van der Waals surface area contributed by atoms with Crippen LogP contribution in [-0.4, -0.2) is 13.5 Å². The standard InChI is InChI=1S/C14H15NO3S/c1-2-11-6-8-12(9-7-11)15-19(17,18)14-5-3-4-13(16)10-14/h3-10,15-16H,2H2,1H3. The van der Waals surface area contributed by atoms with E-state index < -0.39 is 10.0 Å². The lowest BCUT2D eigenvalue weighted by Crippen LogP contribution is -2.12. The Morgan fingerprint density at radius 2 is 1.79 bits per heavy atom. The average molecular weight is 277 g/mol. The second-order valence-electron chi connectivity index (χ2n) is 4.15. The third-order valence-corrected chi connectivity index (χ3v) is 4.12. The number of rotatable bonds is 4. The lowest BCUT2D eigenvalue weighted by atomic mass is 10.2. The normalized spacial score (nSPS) is 11.2. The number of phenolic OH excluding ortho intramolecular Hbond substituents is 1. The quantitative estimate of drug-likeness (QED) is 0.903. The Bertz CT molecular complexity index is 663. The molecule has 0 saturated heterocycles. The summed E-state index contributed by atoms with van der Waals surface area (Å²) in [6.45, 7) is 2.03. The van der Waals surface area contributed by atoms with Crippen LogP contribution in [0.3, 0.4) is 0 Å². The van der Waals surface area contributed by atoms with Crippen molar-refractivity contribution in [2.24, 2.45) is 0 Å². The van der Waals surface area contributed by atoms with Gasteiger partial charge in [0.25, 0.3) is 10.0 Å². The van der Waals surface area contributed by atoms with E-state index in [2.05, 4.69) is 4.72 Å². The number of hydrogen-bond donors (Lipinski definition) is 2. The second-order valence-corrected chi connectivity index (χ2v) is 5.84. The molecular formula is C14H15NO3S. The molecule has 2 aromatic rings. The summed E-state index contributed by atoms with van der Waals surface area (Å²) >= 11 is 0. The zero-order valence-electron chi connectivity index (χ0n) is 10.5. The molecule has 0 spiro atoms. The molecule has 19 heavy (non-hydrogen) atoms. The number of aryl methyl sites for hydroxylation is 1. The number of hydrogen-bond acceptors (Lipinski definition) is 3. The number of aromatic hydroxyl groups is 1. The molecule has 5 heteroatoms. The van der Waals surface area contributed by atoms with Crippen LogP contribution in [0.15, 0.2) is 53.4 Å². The van der Waals surface area contributed by atoms with Crippen molar-refractivity contribution in [3.05, 3.63) is 54.1 Å². The smallest absolute Gasteiger partial charge is 0.262 e. The van der Waals surface area contributed by atoms with E-state index in [4.69, 9.17) is 0 Å². The van der Waals surface area contributed by atoms with Crippen LogP contribution in [0.2, 0.25) is 0 Å². The highest BCUT2D eigenvalue weighted by Gasteiger charge is 2.14. The summed E-state index contributed by atoms with van der Waals surface area (Å²) in [6.07, 6.45) is 0.902. The number of nitrogens with one attached hydrogen (secondary N) is 1. The van der Waals surface area contributed by atoms with E-state index in [-0.39, 0.29) is 10.6 Å². The summed E-state index contributed by atoms with van der Waals surface area (Å²) in [5, 5.41) is 9.32. The van der Waals surface area contributed by atoms with Gasteiger partial charge in [-0.25, -0.2) is 8.42 Å². The van der Waals surface area contributed by atoms with Gasteiger partial charge in [-0.1, -0.05) is 25.1 Å². The van der Waals surface area contributed by atoms with E-state index in [9.17, 15) is 13.5 Å². The minimum absolute atomic E-state index is 0.0343. The van der Waals surface area contributed by atoms with Crippen molar-refractivity contribution in [1.82, 2.24) is 0 Å². The van der Waals surface area contributed by atoms with Gasteiger partial charge in [-0.2, -0.15) is 0 Å². The van der Waals surface area contributed by atoms with Gasteiger partial charge in [0, 0.05) is 11.8 Å². The number of benzene rings is 2. The van der Waals surface area contributed by atoms with Crippen LogP contribution in [0.25, 0.3) is 0 Å². The molecule has 0 heterocycles. The molecule has 100 valence electrons. The van der Waals surface area contributed by atoms with Crippen LogP contribution >= 0.6 is 0 Å². The van der Waals surface area contributed by atoms with E-state index in [0.717, 1.165) is 12.0 Å². The van der Waals surface area contributed by atoms with Gasteiger partial charge in [-0.15, -0.1) is 0 Å². The van der Waals surface area contributed by atoms with E-state index >= 15 is 0 Å². The van der Waals surface area contributed by atoms with Gasteiger partial charge in [-0.3, -0.25) is 4.72 Å². The highest BCUT2D eigenvalue weighted by atomic mass is 32.2. The molecule has 0 aliphatic carbocycles. The summed E-state index contributed by atoms with van der Waals surface area (Å²) in [7, 11) is -3.67. The SMILES string of the molecule is CCc1ccc(NS(=O)(=O)c2cccc(O)c2)cc1. The predicted molar refractivity (Wildman–Crippen MR) is 74.7 cm³/mol. The van der Waals surface area contributed by atoms with E-state index in [1.165, 1.54) is 24.3 Å². The van der Waals surface area contributed by atoms with Crippen molar-refractivity contribution in [2.45, 2.75) is 18.2 Å². The zero-order chi connectivity index (χ0) is 13.9. The van der Waals surface area contributed by atoms with Crippen LogP contribution in [0.1, 0.15) is 12.5 Å². The average Bonchev–Trinajstić information content (AvgIpc) is 2.39. The molecule has 0 radical (unpaired) electrons. The first-order valence-corrected chi connectivity index (χ1v) is 7.40. The van der Waals surface area contributed by atoms with Crippen molar-refractivity contribution < 1.29 is 13.5 Å². The number of sulfonamides is 1. The van der Waals surface area contributed by atoms with Crippen LogP contribution in [0, 0.1) is 0 Å². The molecule has 0 aromatic heterocycles. The predicted octanol–water partition coefficient (Wildman–Crippen LogP) is 2.76. The largest absolute Gasteiger partial charge is 0.508 e. The maximum atomic E-state index is 12.1. The molecular weight excluding hydrogens is 262 g/mol. The number of phenols is 1. The first kappa shape index (κ1) is 13.4. The van der Waals surface area contributed by atoms with Crippen LogP contribution < -0.4 is 4.72 Å². The van der Waals surface area contributed by atoms with Gasteiger partial charge in [0.15, 0.2) is 0 Å². The summed E-state index contributed by atoms with van der Waals surface area (Å²) < 4.78 is 26.6. The summed E-state index contributed by atoms with van der Waals surface area (Å²) in [4.78, 5) is 0.0343. The third kappa shape index (κ3) is 3.26. The Hall–Kier alpha value is -2.01. The maximum Gasteiger partial charge on any atom is 0.262 e. The first-order chi connectivity index (χ1) is 9.01. The van der Waals surface area contributed by atoms with E-state index in [1.54, 1.807) is 12.1 Å². The number of anilines is 1. The fourth-order valence-electron chi connectivity index (χ4n) is 1.67. The van der Waals surface area contributed by atoms with Gasteiger partial charge in [0.1, 0.15) is 5.75 Å². The fourth-order valence-corrected chi connectivity index (χ4v) is 2.77. The van der Waals surface area contributed by atoms with Crippen LogP contribution in [0.4, 0.5) is 5.69 Å². The summed E-state index contributed by atoms with van der Waals surface area (Å²) in [6, 6.07) is 12.8. The molecule has 2 aromatic carbocycles. The molecule has 2 rings (SSSR count). The van der Waals surface area contributed by atoms with Gasteiger partial charge < -0.3 is 5.11 Å². The summed E-state index contributed by atoms with van der Waals surface area (Å²) in [5.41, 5.74) is 1.64. The molecule has 0 fully saturated rings. The Kier molecular flexibility index (Phi) is 3.76. The highest BCUT2D eigenvalue weighted by Crippen LogP contribution is 2.19. The van der Waals surface area contributed by atoms with Crippen molar-refractivity contribution in [2.75, 3.05) is 4.72 Å². The molecule has 0 bridgehead atoms. The molecule has 0 aliphatic heterocycles. The minimum atomic E-state index is -3.67. The van der Waals surface area contributed by atoms with E-state index in [0.29, 0.717) is 5.69 Å². The van der Waals surface area contributed by atoms with Gasteiger partial charge in [-0.05, 0) is 36.2 Å². The van der Waals surface area contributed by atoms with Gasteiger partial charge in [0.05, 0.1) is 4.90 Å². The van der Waals surface area contributed by atoms with Crippen molar-refractivity contribution >= 4 is 15.7 Å². The first-order valence-electron chi connectivity index (χ1n) is 5.92. The van der Waals surface area contributed by atoms with Gasteiger partial charge >= 0.3 is 0 Å². The topological polar surface area (TPSA) is 66.4 Å². The minimum Gasteiger partial charge on any atom is -0.508 e. The molecule has 0 aliphatic rings. The Morgan fingerprint density at radius 1 is 1.11 bits per heavy atom. The van der Waals surface area contributed by atoms with Crippen LogP contribution in [0.5, 0.6) is 5.75 Å². The maximum absolute atomic E-state index is 12.1. The monoisotopic (exact) mass is 277 g/mol. The van der Waals surface area contributed by atoms with Gasteiger partial charge in [0.2, 0.25) is 0 Å². The van der Waals surface area contributed by atoms with E-state index in [1.807, 2.05) is 19.1 Å². The lowest BCUT2D eigenvalue weighted by Gasteiger charge is -2.08. The van der Waals surface area contributed by atoms with Crippen LogP contribution in [-0.2, 0) is 16.4 Å². The van der Waals surface area contributed by atoms with Crippen molar-refractivity contribution in [1.29, 1.82) is 0 Å². The fraction of sp³-hybridized carbons (Fsp3) is 0.143. The molecule has 2 N–H and O–H groups in total. The Balaban J connectivity index is 2.25. The zero-order valence-corrected chi connectivity index (χ0v) is 11.3. The lowest BCUT2D eigenvalue weighted by molar-refractivity contribution is 0.473. The molecule has 4 nitrogen and oxygen atoms in total. The van der Waals surface area contributed by atoms with Crippen molar-refractivity contribution in [3.63, 3.8) is 0 Å². The Morgan fingerprint density at radius 3 is 2.37 bits per heavy atom. The molecule has 0 saturated carbocycles. The second kappa shape index (κ2) is 5.32. The third-order valence-electron chi connectivity index (χ3n) is 2.74. The highest BCUT2D eigenvalue weighted by molar-refractivity contribution is 7.92. The summed E-state index contributed by atoms with van der Waals surface area (Å²) in [5.74, 6) is -0.0794. The Labute approximate surface area is 112 Å². The molecule has 0 atom stereocenters. The molecule has 0 amide bonds. The van der Waals surface area contributed by atoms with Crippen molar-refractivity contribution in [3.8, 4) is 5.75 Å².